The third-order valence-electron chi connectivity index (χ3n) is 6.79. The van der Waals surface area contributed by atoms with Crippen molar-refractivity contribution in [2.45, 2.75) is 58.5 Å². The molecule has 0 fully saturated rings. The quantitative estimate of drug-likeness (QED) is 0.384. The van der Waals surface area contributed by atoms with Crippen molar-refractivity contribution in [2.24, 2.45) is 0 Å². The third-order valence-corrected chi connectivity index (χ3v) is 8.57. The maximum absolute atomic E-state index is 14.1. The van der Waals surface area contributed by atoms with Crippen molar-refractivity contribution < 1.29 is 18.0 Å². The van der Waals surface area contributed by atoms with Gasteiger partial charge in [-0.1, -0.05) is 61.5 Å². The van der Waals surface area contributed by atoms with E-state index in [2.05, 4.69) is 5.32 Å². The number of sulfonamides is 1. The average molecular weight is 536 g/mol. The lowest BCUT2D eigenvalue weighted by Gasteiger charge is -2.34. The molecule has 0 aliphatic rings. The molecular formula is C30H37N3O4S. The molecule has 0 unspecified atom stereocenters. The van der Waals surface area contributed by atoms with E-state index in [0.29, 0.717) is 18.7 Å². The van der Waals surface area contributed by atoms with Gasteiger partial charge in [-0.25, -0.2) is 8.42 Å². The van der Waals surface area contributed by atoms with Crippen molar-refractivity contribution in [1.29, 1.82) is 0 Å². The van der Waals surface area contributed by atoms with Crippen LogP contribution in [0.15, 0.2) is 77.7 Å². The molecule has 202 valence electrons. The number of nitrogens with one attached hydrogen (secondary N) is 1. The van der Waals surface area contributed by atoms with Crippen molar-refractivity contribution in [3.8, 4) is 0 Å². The Morgan fingerprint density at radius 2 is 1.47 bits per heavy atom. The molecule has 0 spiro atoms. The second-order valence-corrected chi connectivity index (χ2v) is 11.2. The smallest absolute Gasteiger partial charge is 0.264 e. The fraction of sp³-hybridized carbons (Fsp3) is 0.333. The minimum absolute atomic E-state index is 0.0925. The molecule has 3 aromatic rings. The number of benzene rings is 3. The standard InChI is InChI=1S/C30H37N3O4S/c1-6-27(30(35)31-7-2)32(20-25-16-12-11-14-23(25)4)29(34)21-33(28-19-13-15-22(3)24(28)5)38(36,37)26-17-9-8-10-18-26/h8-19,27H,6-7,20-21H2,1-5H3,(H,31,35)/t27-/m0/s1. The first-order chi connectivity index (χ1) is 18.1. The number of anilines is 1. The lowest BCUT2D eigenvalue weighted by atomic mass is 10.1. The summed E-state index contributed by atoms with van der Waals surface area (Å²) >= 11 is 0. The van der Waals surface area contributed by atoms with Gasteiger partial charge in [0.15, 0.2) is 0 Å². The van der Waals surface area contributed by atoms with Crippen LogP contribution >= 0.6 is 0 Å². The van der Waals surface area contributed by atoms with Gasteiger partial charge in [-0.3, -0.25) is 13.9 Å². The summed E-state index contributed by atoms with van der Waals surface area (Å²) in [5.41, 5.74) is 3.99. The van der Waals surface area contributed by atoms with E-state index in [1.807, 2.05) is 65.0 Å². The molecule has 0 aliphatic carbocycles. The zero-order valence-corrected chi connectivity index (χ0v) is 23.6. The number of amides is 2. The van der Waals surface area contributed by atoms with Crippen LogP contribution in [0.2, 0.25) is 0 Å². The van der Waals surface area contributed by atoms with Crippen molar-refractivity contribution in [3.63, 3.8) is 0 Å². The van der Waals surface area contributed by atoms with Crippen molar-refractivity contribution >= 4 is 27.5 Å². The molecule has 0 saturated carbocycles. The van der Waals surface area contributed by atoms with Gasteiger partial charge >= 0.3 is 0 Å². The minimum atomic E-state index is -4.08. The third kappa shape index (κ3) is 6.42. The van der Waals surface area contributed by atoms with E-state index in [4.69, 9.17) is 0 Å². The first-order valence-corrected chi connectivity index (χ1v) is 14.3. The summed E-state index contributed by atoms with van der Waals surface area (Å²) in [6.07, 6.45) is 0.387. The van der Waals surface area contributed by atoms with Gasteiger partial charge in [0.1, 0.15) is 12.6 Å². The summed E-state index contributed by atoms with van der Waals surface area (Å²) in [5.74, 6) is -0.715. The fourth-order valence-electron chi connectivity index (χ4n) is 4.42. The molecule has 0 bridgehead atoms. The maximum atomic E-state index is 14.1. The Bertz CT molecular complexity index is 1370. The summed E-state index contributed by atoms with van der Waals surface area (Å²) in [5, 5.41) is 2.83. The van der Waals surface area contributed by atoms with E-state index < -0.39 is 28.5 Å². The van der Waals surface area contributed by atoms with E-state index in [1.165, 1.54) is 21.3 Å². The molecule has 0 heterocycles. The highest BCUT2D eigenvalue weighted by Gasteiger charge is 2.34. The Balaban J connectivity index is 2.11. The van der Waals surface area contributed by atoms with Crippen molar-refractivity contribution in [2.75, 3.05) is 17.4 Å². The summed E-state index contributed by atoms with van der Waals surface area (Å²) in [6.45, 7) is 9.55. The van der Waals surface area contributed by atoms with Crippen LogP contribution in [0.25, 0.3) is 0 Å². The fourth-order valence-corrected chi connectivity index (χ4v) is 5.91. The Labute approximate surface area is 226 Å². The molecule has 7 nitrogen and oxygen atoms in total. The number of hydrogen-bond acceptors (Lipinski definition) is 4. The van der Waals surface area contributed by atoms with E-state index in [1.54, 1.807) is 30.3 Å². The van der Waals surface area contributed by atoms with Gasteiger partial charge in [0.05, 0.1) is 10.6 Å². The highest BCUT2D eigenvalue weighted by Crippen LogP contribution is 2.29. The molecule has 0 saturated heterocycles. The van der Waals surface area contributed by atoms with Crippen LogP contribution in [0.4, 0.5) is 5.69 Å². The SMILES string of the molecule is CCNC(=O)[C@H](CC)N(Cc1ccccc1C)C(=O)CN(c1cccc(C)c1C)S(=O)(=O)c1ccccc1. The number of nitrogens with zero attached hydrogens (tertiary/aromatic N) is 2. The largest absolute Gasteiger partial charge is 0.355 e. The molecule has 3 rings (SSSR count). The summed E-state index contributed by atoms with van der Waals surface area (Å²) in [7, 11) is -4.08. The Morgan fingerprint density at radius 1 is 0.842 bits per heavy atom. The normalized spacial score (nSPS) is 12.0. The van der Waals surface area contributed by atoms with Gasteiger partial charge in [0, 0.05) is 13.1 Å². The van der Waals surface area contributed by atoms with Gasteiger partial charge in [-0.2, -0.15) is 0 Å². The predicted octanol–water partition coefficient (Wildman–Crippen LogP) is 4.75. The molecule has 0 aliphatic heterocycles. The first-order valence-electron chi connectivity index (χ1n) is 12.9. The Kier molecular flexibility index (Phi) is 9.69. The molecular weight excluding hydrogens is 498 g/mol. The van der Waals surface area contributed by atoms with Crippen LogP contribution in [-0.4, -0.2) is 44.3 Å². The van der Waals surface area contributed by atoms with E-state index >= 15 is 0 Å². The summed E-state index contributed by atoms with van der Waals surface area (Å²) in [6, 6.07) is 20.4. The highest BCUT2D eigenvalue weighted by molar-refractivity contribution is 7.92. The summed E-state index contributed by atoms with van der Waals surface area (Å²) in [4.78, 5) is 28.7. The average Bonchev–Trinajstić information content (AvgIpc) is 2.90. The molecule has 0 aromatic heterocycles. The molecule has 0 radical (unpaired) electrons. The highest BCUT2D eigenvalue weighted by atomic mass is 32.2. The second-order valence-electron chi connectivity index (χ2n) is 9.31. The zero-order chi connectivity index (χ0) is 27.9. The molecule has 8 heteroatoms. The van der Waals surface area contributed by atoms with Gasteiger partial charge in [0.2, 0.25) is 11.8 Å². The predicted molar refractivity (Wildman–Crippen MR) is 151 cm³/mol. The van der Waals surface area contributed by atoms with E-state index in [9.17, 15) is 18.0 Å². The molecule has 38 heavy (non-hydrogen) atoms. The van der Waals surface area contributed by atoms with E-state index in [-0.39, 0.29) is 17.3 Å². The molecule has 1 N–H and O–H groups in total. The Hall–Kier alpha value is -3.65. The maximum Gasteiger partial charge on any atom is 0.264 e. The molecule has 1 atom stereocenters. The van der Waals surface area contributed by atoms with Crippen LogP contribution in [0.5, 0.6) is 0 Å². The Morgan fingerprint density at radius 3 is 2.11 bits per heavy atom. The first kappa shape index (κ1) is 28.9. The van der Waals surface area contributed by atoms with Gasteiger partial charge in [-0.15, -0.1) is 0 Å². The van der Waals surface area contributed by atoms with Crippen LogP contribution in [0, 0.1) is 20.8 Å². The van der Waals surface area contributed by atoms with E-state index in [0.717, 1.165) is 22.3 Å². The number of rotatable bonds is 11. The number of hydrogen-bond donors (Lipinski definition) is 1. The van der Waals surface area contributed by atoms with Crippen LogP contribution < -0.4 is 9.62 Å². The monoisotopic (exact) mass is 535 g/mol. The van der Waals surface area contributed by atoms with Crippen molar-refractivity contribution in [1.82, 2.24) is 10.2 Å². The van der Waals surface area contributed by atoms with Gasteiger partial charge in [-0.05, 0) is 74.6 Å². The lowest BCUT2D eigenvalue weighted by molar-refractivity contribution is -0.140. The number of aryl methyl sites for hydroxylation is 2. The topological polar surface area (TPSA) is 86.8 Å². The van der Waals surface area contributed by atoms with Crippen LogP contribution in [-0.2, 0) is 26.2 Å². The minimum Gasteiger partial charge on any atom is -0.355 e. The van der Waals surface area contributed by atoms with Crippen molar-refractivity contribution in [3.05, 3.63) is 95.1 Å². The lowest BCUT2D eigenvalue weighted by Crippen LogP contribution is -2.52. The molecule has 3 aromatic carbocycles. The van der Waals surface area contributed by atoms with Gasteiger partial charge < -0.3 is 10.2 Å². The second kappa shape index (κ2) is 12.7. The molecule has 2 amide bonds. The number of carbonyl (C=O) groups is 2. The summed E-state index contributed by atoms with van der Waals surface area (Å²) < 4.78 is 29.0. The van der Waals surface area contributed by atoms with Gasteiger partial charge in [0.25, 0.3) is 10.0 Å². The zero-order valence-electron chi connectivity index (χ0n) is 22.8. The number of likely N-dealkylation sites (N-methyl/N-ethyl adjacent to an activating group) is 1. The number of carbonyl (C=O) groups excluding carboxylic acids is 2. The van der Waals surface area contributed by atoms with Crippen LogP contribution in [0.3, 0.4) is 0 Å². The van der Waals surface area contributed by atoms with Crippen LogP contribution in [0.1, 0.15) is 42.5 Å².